The van der Waals surface area contributed by atoms with Crippen molar-refractivity contribution in [3.05, 3.63) is 66.8 Å². The lowest BCUT2D eigenvalue weighted by molar-refractivity contribution is 0.325. The highest BCUT2D eigenvalue weighted by Crippen LogP contribution is 2.16. The van der Waals surface area contributed by atoms with Crippen molar-refractivity contribution in [3.8, 4) is 5.75 Å². The second-order valence-electron chi connectivity index (χ2n) is 4.67. The van der Waals surface area contributed by atoms with Crippen LogP contribution in [0.2, 0.25) is 0 Å². The van der Waals surface area contributed by atoms with Gasteiger partial charge in [-0.1, -0.05) is 12.1 Å². The second-order valence-corrected chi connectivity index (χ2v) is 6.44. The number of halogens is 1. The topological polar surface area (TPSA) is 68.3 Å². The summed E-state index contributed by atoms with van der Waals surface area (Å²) in [6, 6.07) is 10.3. The Morgan fingerprint density at radius 2 is 1.96 bits per heavy atom. The van der Waals surface area contributed by atoms with Crippen LogP contribution >= 0.6 is 0 Å². The van der Waals surface area contributed by atoms with E-state index in [1.54, 1.807) is 24.3 Å². The van der Waals surface area contributed by atoms with Gasteiger partial charge in [0, 0.05) is 0 Å². The van der Waals surface area contributed by atoms with E-state index >= 15 is 0 Å². The minimum Gasteiger partial charge on any atom is -0.493 e. The number of sulfonamides is 1. The van der Waals surface area contributed by atoms with Gasteiger partial charge in [-0.2, -0.15) is 4.39 Å². The molecule has 122 valence electrons. The van der Waals surface area contributed by atoms with Crippen molar-refractivity contribution in [2.45, 2.75) is 17.9 Å². The maximum absolute atomic E-state index is 13.0. The molecule has 2 rings (SSSR count). The Hall–Kier alpha value is -2.25. The molecule has 0 radical (unpaired) electrons. The first-order valence-electron chi connectivity index (χ1n) is 6.96. The summed E-state index contributed by atoms with van der Waals surface area (Å²) in [5.41, 5.74) is 0.304. The third-order valence-electron chi connectivity index (χ3n) is 2.94. The zero-order valence-electron chi connectivity index (χ0n) is 12.4. The number of rotatable bonds is 8. The van der Waals surface area contributed by atoms with Crippen LogP contribution in [-0.4, -0.2) is 20.0 Å². The number of hydrogen-bond acceptors (Lipinski definition) is 4. The monoisotopic (exact) mass is 336 g/mol. The molecule has 1 N–H and O–H groups in total. The number of nitrogens with one attached hydrogen (secondary N) is 1. The van der Waals surface area contributed by atoms with Crippen LogP contribution in [0.15, 0.2) is 60.0 Å². The molecule has 0 bridgehead atoms. The maximum atomic E-state index is 13.0. The van der Waals surface area contributed by atoms with Crippen LogP contribution in [0.1, 0.15) is 12.1 Å². The van der Waals surface area contributed by atoms with Crippen LogP contribution in [0.4, 0.5) is 4.39 Å². The quantitative estimate of drug-likeness (QED) is 0.457. The summed E-state index contributed by atoms with van der Waals surface area (Å²) in [4.78, 5) is 3.71. The van der Waals surface area contributed by atoms with E-state index < -0.39 is 16.0 Å². The molecule has 7 heteroatoms. The Balaban J connectivity index is 2.00. The molecule has 0 unspecified atom stereocenters. The van der Waals surface area contributed by atoms with Gasteiger partial charge in [-0.15, -0.1) is 6.58 Å². The smallest absolute Gasteiger partial charge is 0.240 e. The van der Waals surface area contributed by atoms with Gasteiger partial charge in [0.25, 0.3) is 0 Å². The normalized spacial score (nSPS) is 11.2. The Kier molecular flexibility index (Phi) is 5.84. The average molecular weight is 336 g/mol. The highest BCUT2D eigenvalue weighted by atomic mass is 32.2. The predicted octanol–water partition coefficient (Wildman–Crippen LogP) is 2.65. The summed E-state index contributed by atoms with van der Waals surface area (Å²) in [6.07, 6.45) is 2.45. The first-order valence-corrected chi connectivity index (χ1v) is 8.44. The van der Waals surface area contributed by atoms with E-state index in [9.17, 15) is 12.8 Å². The Morgan fingerprint density at radius 1 is 1.22 bits per heavy atom. The number of benzene rings is 1. The lowest BCUT2D eigenvalue weighted by atomic mass is 10.3. The molecule has 1 aromatic heterocycles. The number of hydrogen-bond donors (Lipinski definition) is 1. The van der Waals surface area contributed by atoms with Gasteiger partial charge < -0.3 is 4.74 Å². The largest absolute Gasteiger partial charge is 0.493 e. The number of ether oxygens (including phenoxy) is 1. The van der Waals surface area contributed by atoms with Crippen LogP contribution < -0.4 is 9.46 Å². The molecule has 0 aliphatic carbocycles. The lowest BCUT2D eigenvalue weighted by Gasteiger charge is -2.08. The molecule has 0 atom stereocenters. The first kappa shape index (κ1) is 17.1. The number of pyridine rings is 1. The summed E-state index contributed by atoms with van der Waals surface area (Å²) in [6.45, 7) is 3.99. The van der Waals surface area contributed by atoms with E-state index in [0.717, 1.165) is 0 Å². The molecule has 0 saturated heterocycles. The van der Waals surface area contributed by atoms with E-state index in [0.29, 0.717) is 24.5 Å². The van der Waals surface area contributed by atoms with Gasteiger partial charge in [-0.25, -0.2) is 18.1 Å². The van der Waals surface area contributed by atoms with Crippen molar-refractivity contribution in [1.29, 1.82) is 0 Å². The highest BCUT2D eigenvalue weighted by Gasteiger charge is 2.14. The lowest BCUT2D eigenvalue weighted by Crippen LogP contribution is -2.23. The van der Waals surface area contributed by atoms with Gasteiger partial charge in [0.15, 0.2) is 0 Å². The summed E-state index contributed by atoms with van der Waals surface area (Å²) in [7, 11) is -3.70. The fourth-order valence-electron chi connectivity index (χ4n) is 1.78. The molecular weight excluding hydrogens is 319 g/mol. The summed E-state index contributed by atoms with van der Waals surface area (Å²) < 4.78 is 45.1. The molecule has 0 spiro atoms. The molecule has 0 saturated carbocycles. The minimum absolute atomic E-state index is 0.0856. The minimum atomic E-state index is -3.70. The molecule has 23 heavy (non-hydrogen) atoms. The molecular formula is C16H17FN2O3S. The van der Waals surface area contributed by atoms with Gasteiger partial charge in [0.1, 0.15) is 5.75 Å². The van der Waals surface area contributed by atoms with Crippen LogP contribution in [0.3, 0.4) is 0 Å². The molecule has 5 nitrogen and oxygen atoms in total. The van der Waals surface area contributed by atoms with Crippen LogP contribution in [0.25, 0.3) is 0 Å². The Morgan fingerprint density at radius 3 is 2.61 bits per heavy atom. The van der Waals surface area contributed by atoms with E-state index in [1.807, 2.05) is 0 Å². The van der Waals surface area contributed by atoms with E-state index in [-0.39, 0.29) is 11.4 Å². The number of nitrogens with zero attached hydrogens (tertiary/aromatic N) is 1. The Labute approximate surface area is 134 Å². The maximum Gasteiger partial charge on any atom is 0.240 e. The van der Waals surface area contributed by atoms with Crippen LogP contribution in [0.5, 0.6) is 5.75 Å². The Bertz CT molecular complexity index is 761. The highest BCUT2D eigenvalue weighted by molar-refractivity contribution is 7.89. The standard InChI is InChI=1S/C16H17FN2O3S/c1-2-3-11-22-14-7-9-15(10-8-14)23(20,21)18-12-13-5-4-6-16(17)19-13/h2,4-10,18H,1,3,11-12H2. The number of aromatic nitrogens is 1. The molecule has 0 fully saturated rings. The summed E-state index contributed by atoms with van der Waals surface area (Å²) in [5.74, 6) is -0.0691. The summed E-state index contributed by atoms with van der Waals surface area (Å²) >= 11 is 0. The fraction of sp³-hybridized carbons (Fsp3) is 0.188. The summed E-state index contributed by atoms with van der Waals surface area (Å²) in [5, 5.41) is 0. The average Bonchev–Trinajstić information content (AvgIpc) is 2.54. The van der Waals surface area contributed by atoms with Gasteiger partial charge in [-0.05, 0) is 42.8 Å². The van der Waals surface area contributed by atoms with E-state index in [1.165, 1.54) is 24.3 Å². The molecule has 0 aliphatic heterocycles. The van der Waals surface area contributed by atoms with Crippen molar-refractivity contribution in [2.24, 2.45) is 0 Å². The van der Waals surface area contributed by atoms with Gasteiger partial charge >= 0.3 is 0 Å². The zero-order chi connectivity index (χ0) is 16.7. The molecule has 0 aliphatic rings. The van der Waals surface area contributed by atoms with Crippen LogP contribution in [0, 0.1) is 5.95 Å². The van der Waals surface area contributed by atoms with Crippen molar-refractivity contribution in [2.75, 3.05) is 6.61 Å². The van der Waals surface area contributed by atoms with Crippen molar-refractivity contribution in [3.63, 3.8) is 0 Å². The second kappa shape index (κ2) is 7.85. The third-order valence-corrected chi connectivity index (χ3v) is 4.36. The van der Waals surface area contributed by atoms with Crippen molar-refractivity contribution >= 4 is 10.0 Å². The first-order chi connectivity index (χ1) is 11.0. The molecule has 1 aromatic carbocycles. The predicted molar refractivity (Wildman–Crippen MR) is 85.0 cm³/mol. The van der Waals surface area contributed by atoms with E-state index in [4.69, 9.17) is 4.74 Å². The fourth-order valence-corrected chi connectivity index (χ4v) is 2.78. The molecule has 2 aromatic rings. The van der Waals surface area contributed by atoms with Crippen LogP contribution in [-0.2, 0) is 16.6 Å². The third kappa shape index (κ3) is 5.15. The van der Waals surface area contributed by atoms with Gasteiger partial charge in [0.05, 0.1) is 23.7 Å². The van der Waals surface area contributed by atoms with Gasteiger partial charge in [-0.3, -0.25) is 0 Å². The van der Waals surface area contributed by atoms with Gasteiger partial charge in [0.2, 0.25) is 16.0 Å². The van der Waals surface area contributed by atoms with E-state index in [2.05, 4.69) is 16.3 Å². The molecule has 0 amide bonds. The van der Waals surface area contributed by atoms with Crippen molar-refractivity contribution < 1.29 is 17.5 Å². The molecule has 1 heterocycles. The SMILES string of the molecule is C=CCCOc1ccc(S(=O)(=O)NCc2cccc(F)n2)cc1. The zero-order valence-corrected chi connectivity index (χ0v) is 13.2. The van der Waals surface area contributed by atoms with Crippen molar-refractivity contribution in [1.82, 2.24) is 9.71 Å².